The van der Waals surface area contributed by atoms with E-state index in [-0.39, 0.29) is 17.9 Å². The Morgan fingerprint density at radius 1 is 1.33 bits per heavy atom. The van der Waals surface area contributed by atoms with Gasteiger partial charge in [-0.15, -0.1) is 0 Å². The van der Waals surface area contributed by atoms with E-state index >= 15 is 0 Å². The highest BCUT2D eigenvalue weighted by atomic mass is 16.5. The van der Waals surface area contributed by atoms with Gasteiger partial charge >= 0.3 is 6.03 Å². The van der Waals surface area contributed by atoms with Crippen LogP contribution in [0.15, 0.2) is 42.7 Å². The van der Waals surface area contributed by atoms with Crippen LogP contribution in [-0.4, -0.2) is 60.1 Å². The molecule has 1 saturated heterocycles. The van der Waals surface area contributed by atoms with Gasteiger partial charge in [-0.3, -0.25) is 4.79 Å². The van der Waals surface area contributed by atoms with Gasteiger partial charge in [0.2, 0.25) is 5.91 Å². The Labute approximate surface area is 159 Å². The van der Waals surface area contributed by atoms with E-state index in [1.807, 2.05) is 54.2 Å². The summed E-state index contributed by atoms with van der Waals surface area (Å²) >= 11 is 0. The summed E-state index contributed by atoms with van der Waals surface area (Å²) in [5.41, 5.74) is 1.56. The standard InChI is InChI=1S/C20H26N4O3/c1-4-27-18-8-7-16(12-17(18)24-9-5-6-10-24)21-20(26)23(3)14-15-11-19(25)22(2)13-15/h5-10,12,15H,4,11,13-14H2,1-3H3,(H,21,26)/t15-/m1/s1. The van der Waals surface area contributed by atoms with Crippen molar-refractivity contribution in [3.05, 3.63) is 42.7 Å². The molecule has 7 heteroatoms. The molecule has 0 aliphatic carbocycles. The van der Waals surface area contributed by atoms with Crippen LogP contribution in [0.25, 0.3) is 5.69 Å². The van der Waals surface area contributed by atoms with Gasteiger partial charge in [-0.25, -0.2) is 4.79 Å². The molecule has 27 heavy (non-hydrogen) atoms. The van der Waals surface area contributed by atoms with Crippen LogP contribution in [0.3, 0.4) is 0 Å². The van der Waals surface area contributed by atoms with Crippen molar-refractivity contribution in [3.8, 4) is 11.4 Å². The van der Waals surface area contributed by atoms with E-state index in [0.717, 1.165) is 11.4 Å². The summed E-state index contributed by atoms with van der Waals surface area (Å²) in [4.78, 5) is 27.5. The summed E-state index contributed by atoms with van der Waals surface area (Å²) in [5, 5.41) is 2.93. The number of likely N-dealkylation sites (tertiary alicyclic amines) is 1. The van der Waals surface area contributed by atoms with Crippen molar-refractivity contribution in [2.75, 3.05) is 39.1 Å². The van der Waals surface area contributed by atoms with Gasteiger partial charge in [0, 0.05) is 57.6 Å². The smallest absolute Gasteiger partial charge is 0.321 e. The molecule has 3 amide bonds. The summed E-state index contributed by atoms with van der Waals surface area (Å²) < 4.78 is 7.65. The lowest BCUT2D eigenvalue weighted by atomic mass is 10.1. The molecule has 1 aromatic carbocycles. The van der Waals surface area contributed by atoms with Gasteiger partial charge in [0.1, 0.15) is 5.75 Å². The molecule has 7 nitrogen and oxygen atoms in total. The van der Waals surface area contributed by atoms with Crippen molar-refractivity contribution in [1.29, 1.82) is 0 Å². The number of anilines is 1. The molecule has 1 aliphatic heterocycles. The zero-order chi connectivity index (χ0) is 19.4. The SMILES string of the molecule is CCOc1ccc(NC(=O)N(C)C[C@@H]2CC(=O)N(C)C2)cc1-n1cccc1. The second-order valence-corrected chi connectivity index (χ2v) is 6.86. The summed E-state index contributed by atoms with van der Waals surface area (Å²) in [6.45, 7) is 3.74. The highest BCUT2D eigenvalue weighted by Gasteiger charge is 2.28. The average Bonchev–Trinajstić information content (AvgIpc) is 3.27. The number of urea groups is 1. The fourth-order valence-electron chi connectivity index (χ4n) is 3.34. The molecular formula is C20H26N4O3. The normalized spacial score (nSPS) is 16.5. The zero-order valence-corrected chi connectivity index (χ0v) is 16.0. The van der Waals surface area contributed by atoms with Gasteiger partial charge in [-0.2, -0.15) is 0 Å². The van der Waals surface area contributed by atoms with Crippen LogP contribution in [-0.2, 0) is 4.79 Å². The molecule has 1 aliphatic rings. The van der Waals surface area contributed by atoms with E-state index < -0.39 is 0 Å². The van der Waals surface area contributed by atoms with E-state index in [1.54, 1.807) is 23.9 Å². The molecule has 0 saturated carbocycles. The molecule has 0 spiro atoms. The van der Waals surface area contributed by atoms with Crippen LogP contribution in [0.5, 0.6) is 5.75 Å². The van der Waals surface area contributed by atoms with Crippen molar-refractivity contribution in [1.82, 2.24) is 14.4 Å². The number of hydrogen-bond donors (Lipinski definition) is 1. The summed E-state index contributed by atoms with van der Waals surface area (Å²) in [6, 6.07) is 9.27. The number of hydrogen-bond acceptors (Lipinski definition) is 3. The number of benzene rings is 1. The molecule has 1 atom stereocenters. The van der Waals surface area contributed by atoms with Crippen LogP contribution >= 0.6 is 0 Å². The molecule has 2 aromatic rings. The summed E-state index contributed by atoms with van der Waals surface area (Å²) in [5.74, 6) is 1.07. The zero-order valence-electron chi connectivity index (χ0n) is 16.0. The van der Waals surface area contributed by atoms with Crippen molar-refractivity contribution in [2.24, 2.45) is 5.92 Å². The first-order chi connectivity index (χ1) is 13.0. The van der Waals surface area contributed by atoms with Crippen molar-refractivity contribution in [2.45, 2.75) is 13.3 Å². The molecule has 2 heterocycles. The summed E-state index contributed by atoms with van der Waals surface area (Å²) in [7, 11) is 3.55. The van der Waals surface area contributed by atoms with Gasteiger partial charge in [0.05, 0.1) is 12.3 Å². The van der Waals surface area contributed by atoms with Crippen molar-refractivity contribution >= 4 is 17.6 Å². The van der Waals surface area contributed by atoms with Crippen LogP contribution in [0.2, 0.25) is 0 Å². The molecule has 144 valence electrons. The Morgan fingerprint density at radius 3 is 2.70 bits per heavy atom. The Bertz CT molecular complexity index is 804. The topological polar surface area (TPSA) is 66.8 Å². The lowest BCUT2D eigenvalue weighted by Gasteiger charge is -2.22. The number of amides is 3. The Kier molecular flexibility index (Phi) is 5.69. The second-order valence-electron chi connectivity index (χ2n) is 6.86. The largest absolute Gasteiger partial charge is 0.492 e. The minimum atomic E-state index is -0.195. The van der Waals surface area contributed by atoms with E-state index in [4.69, 9.17) is 4.74 Å². The number of nitrogens with zero attached hydrogens (tertiary/aromatic N) is 3. The van der Waals surface area contributed by atoms with Gasteiger partial charge in [0.15, 0.2) is 0 Å². The predicted molar refractivity (Wildman–Crippen MR) is 104 cm³/mol. The van der Waals surface area contributed by atoms with Crippen molar-refractivity contribution in [3.63, 3.8) is 0 Å². The highest BCUT2D eigenvalue weighted by Crippen LogP contribution is 2.27. The quantitative estimate of drug-likeness (QED) is 0.850. The Morgan fingerprint density at radius 2 is 2.07 bits per heavy atom. The van der Waals surface area contributed by atoms with E-state index in [1.165, 1.54) is 0 Å². The average molecular weight is 370 g/mol. The fraction of sp³-hybridized carbons (Fsp3) is 0.400. The van der Waals surface area contributed by atoms with E-state index in [0.29, 0.717) is 31.8 Å². The minimum absolute atomic E-state index is 0.136. The first kappa shape index (κ1) is 18.8. The highest BCUT2D eigenvalue weighted by molar-refractivity contribution is 5.89. The van der Waals surface area contributed by atoms with Gasteiger partial charge in [-0.1, -0.05) is 0 Å². The van der Waals surface area contributed by atoms with Crippen LogP contribution in [0.1, 0.15) is 13.3 Å². The minimum Gasteiger partial charge on any atom is -0.492 e. The first-order valence-corrected chi connectivity index (χ1v) is 9.14. The lowest BCUT2D eigenvalue weighted by molar-refractivity contribution is -0.126. The summed E-state index contributed by atoms with van der Waals surface area (Å²) in [6.07, 6.45) is 4.36. The van der Waals surface area contributed by atoms with Crippen LogP contribution in [0, 0.1) is 5.92 Å². The van der Waals surface area contributed by atoms with E-state index in [2.05, 4.69) is 5.32 Å². The first-order valence-electron chi connectivity index (χ1n) is 9.14. The monoisotopic (exact) mass is 370 g/mol. The van der Waals surface area contributed by atoms with Crippen LogP contribution < -0.4 is 10.1 Å². The molecule has 1 N–H and O–H groups in total. The fourth-order valence-corrected chi connectivity index (χ4v) is 3.34. The molecular weight excluding hydrogens is 344 g/mol. The maximum atomic E-state index is 12.5. The Balaban J connectivity index is 1.68. The number of carbonyl (C=O) groups is 2. The third-order valence-corrected chi connectivity index (χ3v) is 4.69. The molecule has 0 radical (unpaired) electrons. The number of carbonyl (C=O) groups excluding carboxylic acids is 2. The molecule has 0 bridgehead atoms. The maximum absolute atomic E-state index is 12.5. The lowest BCUT2D eigenvalue weighted by Crippen LogP contribution is -2.36. The number of nitrogens with one attached hydrogen (secondary N) is 1. The van der Waals surface area contributed by atoms with E-state index in [9.17, 15) is 9.59 Å². The maximum Gasteiger partial charge on any atom is 0.321 e. The van der Waals surface area contributed by atoms with Crippen molar-refractivity contribution < 1.29 is 14.3 Å². The predicted octanol–water partition coefficient (Wildman–Crippen LogP) is 2.82. The molecule has 3 rings (SSSR count). The third kappa shape index (κ3) is 4.42. The molecule has 1 aromatic heterocycles. The van der Waals surface area contributed by atoms with Gasteiger partial charge in [0.25, 0.3) is 0 Å². The van der Waals surface area contributed by atoms with Gasteiger partial charge < -0.3 is 24.4 Å². The third-order valence-electron chi connectivity index (χ3n) is 4.69. The van der Waals surface area contributed by atoms with Gasteiger partial charge in [-0.05, 0) is 37.3 Å². The van der Waals surface area contributed by atoms with Crippen LogP contribution in [0.4, 0.5) is 10.5 Å². The second kappa shape index (κ2) is 8.16. The Hall–Kier alpha value is -2.96. The molecule has 1 fully saturated rings. The number of aromatic nitrogens is 1. The number of ether oxygens (including phenoxy) is 1. The molecule has 0 unspecified atom stereocenters. The number of rotatable bonds is 6.